The SMILES string of the molecule is CNCC1CC1C1CCCC1. The van der Waals surface area contributed by atoms with Gasteiger partial charge in [-0.2, -0.15) is 0 Å². The topological polar surface area (TPSA) is 12.0 Å². The molecule has 0 bridgehead atoms. The van der Waals surface area contributed by atoms with Crippen molar-refractivity contribution in [3.63, 3.8) is 0 Å². The lowest BCUT2D eigenvalue weighted by Gasteiger charge is -2.06. The minimum absolute atomic E-state index is 1.04. The summed E-state index contributed by atoms with van der Waals surface area (Å²) in [4.78, 5) is 0. The Labute approximate surface area is 69.6 Å². The molecule has 0 aromatic heterocycles. The summed E-state index contributed by atoms with van der Waals surface area (Å²) in [5.74, 6) is 3.28. The van der Waals surface area contributed by atoms with Gasteiger partial charge >= 0.3 is 0 Å². The molecule has 0 spiro atoms. The first-order valence-electron chi connectivity index (χ1n) is 5.06. The number of hydrogen-bond acceptors (Lipinski definition) is 1. The molecule has 2 rings (SSSR count). The summed E-state index contributed by atoms with van der Waals surface area (Å²) in [6.07, 6.45) is 7.60. The van der Waals surface area contributed by atoms with Gasteiger partial charge in [-0.05, 0) is 37.8 Å². The Morgan fingerprint density at radius 2 is 2.00 bits per heavy atom. The summed E-state index contributed by atoms with van der Waals surface area (Å²) >= 11 is 0. The second-order valence-corrected chi connectivity index (χ2v) is 4.26. The molecular weight excluding hydrogens is 134 g/mol. The predicted molar refractivity (Wildman–Crippen MR) is 47.5 cm³/mol. The van der Waals surface area contributed by atoms with Gasteiger partial charge in [0.05, 0.1) is 0 Å². The average molecular weight is 153 g/mol. The van der Waals surface area contributed by atoms with E-state index in [1.54, 1.807) is 0 Å². The van der Waals surface area contributed by atoms with Crippen LogP contribution in [-0.2, 0) is 0 Å². The minimum atomic E-state index is 1.04. The fraction of sp³-hybridized carbons (Fsp3) is 1.00. The van der Waals surface area contributed by atoms with Crippen molar-refractivity contribution in [2.75, 3.05) is 13.6 Å². The van der Waals surface area contributed by atoms with Crippen LogP contribution in [0.15, 0.2) is 0 Å². The van der Waals surface area contributed by atoms with Crippen molar-refractivity contribution in [2.45, 2.75) is 32.1 Å². The van der Waals surface area contributed by atoms with Gasteiger partial charge < -0.3 is 5.32 Å². The highest BCUT2D eigenvalue weighted by atomic mass is 14.8. The molecule has 11 heavy (non-hydrogen) atoms. The molecule has 2 aliphatic carbocycles. The predicted octanol–water partition coefficient (Wildman–Crippen LogP) is 2.03. The Hall–Kier alpha value is -0.0400. The monoisotopic (exact) mass is 153 g/mol. The van der Waals surface area contributed by atoms with Crippen LogP contribution in [0.25, 0.3) is 0 Å². The first-order valence-corrected chi connectivity index (χ1v) is 5.06. The van der Waals surface area contributed by atoms with Gasteiger partial charge in [-0.3, -0.25) is 0 Å². The van der Waals surface area contributed by atoms with Gasteiger partial charge in [-0.15, -0.1) is 0 Å². The van der Waals surface area contributed by atoms with Crippen molar-refractivity contribution in [3.8, 4) is 0 Å². The Kier molecular flexibility index (Phi) is 2.17. The smallest absolute Gasteiger partial charge is 0.00207 e. The summed E-state index contributed by atoms with van der Waals surface area (Å²) < 4.78 is 0. The van der Waals surface area contributed by atoms with Crippen molar-refractivity contribution >= 4 is 0 Å². The number of rotatable bonds is 3. The maximum Gasteiger partial charge on any atom is -0.00207 e. The lowest BCUT2D eigenvalue weighted by Crippen LogP contribution is -2.12. The Morgan fingerprint density at radius 3 is 2.64 bits per heavy atom. The van der Waals surface area contributed by atoms with Gasteiger partial charge in [0.1, 0.15) is 0 Å². The highest BCUT2D eigenvalue weighted by molar-refractivity contribution is 4.93. The Balaban J connectivity index is 1.72. The van der Waals surface area contributed by atoms with Gasteiger partial charge in [0.25, 0.3) is 0 Å². The van der Waals surface area contributed by atoms with E-state index < -0.39 is 0 Å². The van der Waals surface area contributed by atoms with Gasteiger partial charge in [-0.1, -0.05) is 25.7 Å². The molecule has 0 heterocycles. The highest BCUT2D eigenvalue weighted by Gasteiger charge is 2.42. The fourth-order valence-electron chi connectivity index (χ4n) is 2.73. The van der Waals surface area contributed by atoms with Gasteiger partial charge in [-0.25, -0.2) is 0 Å². The molecule has 0 aromatic carbocycles. The average Bonchev–Trinajstić information content (AvgIpc) is 2.61. The lowest BCUT2D eigenvalue weighted by atomic mass is 10.0. The largest absolute Gasteiger partial charge is 0.319 e. The van der Waals surface area contributed by atoms with E-state index >= 15 is 0 Å². The summed E-state index contributed by atoms with van der Waals surface area (Å²) in [5.41, 5.74) is 0. The van der Waals surface area contributed by atoms with Crippen LogP contribution >= 0.6 is 0 Å². The second-order valence-electron chi connectivity index (χ2n) is 4.26. The van der Waals surface area contributed by atoms with Crippen molar-refractivity contribution in [2.24, 2.45) is 17.8 Å². The van der Waals surface area contributed by atoms with Crippen LogP contribution in [0.2, 0.25) is 0 Å². The normalized spacial score (nSPS) is 37.9. The van der Waals surface area contributed by atoms with Crippen molar-refractivity contribution in [1.82, 2.24) is 5.32 Å². The number of hydrogen-bond donors (Lipinski definition) is 1. The zero-order valence-corrected chi connectivity index (χ0v) is 7.47. The van der Waals surface area contributed by atoms with Gasteiger partial charge in [0.2, 0.25) is 0 Å². The molecule has 1 nitrogen and oxygen atoms in total. The van der Waals surface area contributed by atoms with Crippen molar-refractivity contribution < 1.29 is 0 Å². The maximum absolute atomic E-state index is 3.28. The molecule has 2 unspecified atom stereocenters. The van der Waals surface area contributed by atoms with E-state index in [0.717, 1.165) is 17.8 Å². The third kappa shape index (κ3) is 1.58. The van der Waals surface area contributed by atoms with Crippen LogP contribution < -0.4 is 5.32 Å². The molecule has 1 heteroatoms. The van der Waals surface area contributed by atoms with E-state index in [-0.39, 0.29) is 0 Å². The molecule has 0 aromatic rings. The summed E-state index contributed by atoms with van der Waals surface area (Å²) in [5, 5.41) is 3.28. The Bertz CT molecular complexity index is 127. The molecule has 2 aliphatic rings. The van der Waals surface area contributed by atoms with E-state index in [1.165, 1.54) is 38.6 Å². The zero-order chi connectivity index (χ0) is 7.68. The van der Waals surface area contributed by atoms with Crippen LogP contribution in [0.5, 0.6) is 0 Å². The van der Waals surface area contributed by atoms with Crippen LogP contribution in [0.4, 0.5) is 0 Å². The molecule has 0 aliphatic heterocycles. The molecule has 2 saturated carbocycles. The van der Waals surface area contributed by atoms with E-state index in [9.17, 15) is 0 Å². The number of nitrogens with one attached hydrogen (secondary N) is 1. The quantitative estimate of drug-likeness (QED) is 0.654. The van der Waals surface area contributed by atoms with E-state index in [4.69, 9.17) is 0 Å². The first-order chi connectivity index (χ1) is 5.42. The molecule has 2 fully saturated rings. The third-order valence-corrected chi connectivity index (χ3v) is 3.45. The van der Waals surface area contributed by atoms with E-state index in [2.05, 4.69) is 12.4 Å². The molecule has 1 N–H and O–H groups in total. The molecule has 0 radical (unpaired) electrons. The first kappa shape index (κ1) is 7.60. The van der Waals surface area contributed by atoms with Crippen molar-refractivity contribution in [1.29, 1.82) is 0 Å². The van der Waals surface area contributed by atoms with Gasteiger partial charge in [0.15, 0.2) is 0 Å². The summed E-state index contributed by atoms with van der Waals surface area (Å²) in [7, 11) is 2.07. The van der Waals surface area contributed by atoms with Crippen LogP contribution in [0, 0.1) is 17.8 Å². The Morgan fingerprint density at radius 1 is 1.27 bits per heavy atom. The molecule has 64 valence electrons. The minimum Gasteiger partial charge on any atom is -0.319 e. The molecule has 0 amide bonds. The molecule has 2 atom stereocenters. The molecule has 0 saturated heterocycles. The second kappa shape index (κ2) is 3.14. The van der Waals surface area contributed by atoms with Crippen LogP contribution in [0.1, 0.15) is 32.1 Å². The summed E-state index contributed by atoms with van der Waals surface area (Å²) in [6.45, 7) is 1.27. The maximum atomic E-state index is 3.28. The van der Waals surface area contributed by atoms with Crippen molar-refractivity contribution in [3.05, 3.63) is 0 Å². The standard InChI is InChI=1S/C10H19N/c1-11-7-9-6-10(9)8-4-2-3-5-8/h8-11H,2-7H2,1H3. The fourth-order valence-corrected chi connectivity index (χ4v) is 2.73. The zero-order valence-electron chi connectivity index (χ0n) is 7.47. The lowest BCUT2D eigenvalue weighted by molar-refractivity contribution is 0.444. The van der Waals surface area contributed by atoms with Crippen LogP contribution in [0.3, 0.4) is 0 Å². The third-order valence-electron chi connectivity index (χ3n) is 3.45. The summed E-state index contributed by atoms with van der Waals surface area (Å²) in [6, 6.07) is 0. The van der Waals surface area contributed by atoms with Gasteiger partial charge in [0, 0.05) is 0 Å². The highest BCUT2D eigenvalue weighted by Crippen LogP contribution is 2.49. The molecular formula is C10H19N. The van der Waals surface area contributed by atoms with Crippen LogP contribution in [-0.4, -0.2) is 13.6 Å². The van der Waals surface area contributed by atoms with E-state index in [1.807, 2.05) is 0 Å². The van der Waals surface area contributed by atoms with E-state index in [0.29, 0.717) is 0 Å².